The number of hydrogen-bond acceptors (Lipinski definition) is 2. The third-order valence-electron chi connectivity index (χ3n) is 5.42. The number of nitrogens with zero attached hydrogens (tertiary/aromatic N) is 2. The third-order valence-corrected chi connectivity index (χ3v) is 5.42. The molecule has 0 amide bonds. The average Bonchev–Trinajstić information content (AvgIpc) is 3.00. The fourth-order valence-electron chi connectivity index (χ4n) is 3.59. The molecule has 0 bridgehead atoms. The lowest BCUT2D eigenvalue weighted by molar-refractivity contribution is 0.227. The van der Waals surface area contributed by atoms with Crippen LogP contribution in [0.2, 0.25) is 0 Å². The van der Waals surface area contributed by atoms with Gasteiger partial charge in [0.15, 0.2) is 0 Å². The summed E-state index contributed by atoms with van der Waals surface area (Å²) in [7, 11) is 4.25. The van der Waals surface area contributed by atoms with Crippen LogP contribution < -0.4 is 5.32 Å². The van der Waals surface area contributed by atoms with Gasteiger partial charge in [-0.2, -0.15) is 0 Å². The van der Waals surface area contributed by atoms with Gasteiger partial charge in [0.05, 0.1) is 0 Å². The normalized spacial score (nSPS) is 16.7. The molecule has 1 aromatic heterocycles. The third kappa shape index (κ3) is 2.46. The molecular formula is C19H29N3. The van der Waals surface area contributed by atoms with E-state index >= 15 is 0 Å². The number of benzene rings is 1. The molecule has 0 saturated carbocycles. The summed E-state index contributed by atoms with van der Waals surface area (Å²) in [6, 6.07) is 6.00. The minimum Gasteiger partial charge on any atom is -0.348 e. The maximum Gasteiger partial charge on any atom is 0.0486 e. The van der Waals surface area contributed by atoms with Crippen LogP contribution in [0.4, 0.5) is 0 Å². The zero-order valence-corrected chi connectivity index (χ0v) is 14.8. The van der Waals surface area contributed by atoms with Gasteiger partial charge in [0, 0.05) is 48.8 Å². The summed E-state index contributed by atoms with van der Waals surface area (Å²) in [6.45, 7) is 11.3. The molecule has 0 fully saturated rings. The monoisotopic (exact) mass is 299 g/mol. The van der Waals surface area contributed by atoms with E-state index in [0.717, 1.165) is 19.5 Å². The number of hydrogen-bond donors (Lipinski definition) is 1. The Balaban J connectivity index is 2.08. The van der Waals surface area contributed by atoms with Crippen molar-refractivity contribution in [1.29, 1.82) is 0 Å². The van der Waals surface area contributed by atoms with Gasteiger partial charge in [0.1, 0.15) is 0 Å². The van der Waals surface area contributed by atoms with E-state index < -0.39 is 0 Å². The van der Waals surface area contributed by atoms with E-state index in [-0.39, 0.29) is 0 Å². The molecule has 1 aliphatic heterocycles. The second-order valence-electron chi connectivity index (χ2n) is 7.15. The molecular weight excluding hydrogens is 270 g/mol. The molecule has 2 aromatic rings. The second kappa shape index (κ2) is 5.71. The Hall–Kier alpha value is -1.32. The highest BCUT2D eigenvalue weighted by molar-refractivity contribution is 5.87. The van der Waals surface area contributed by atoms with Crippen molar-refractivity contribution in [2.24, 2.45) is 7.05 Å². The van der Waals surface area contributed by atoms with Crippen LogP contribution in [-0.2, 0) is 26.6 Å². The SMILES string of the molecule is CNC(C)Cc1c(C)n(C)c2cc3c(cc12)CN(C(C)C)C3. The molecule has 0 radical (unpaired) electrons. The van der Waals surface area contributed by atoms with Crippen molar-refractivity contribution in [3.05, 3.63) is 34.5 Å². The largest absolute Gasteiger partial charge is 0.348 e. The lowest BCUT2D eigenvalue weighted by Crippen LogP contribution is -2.24. The van der Waals surface area contributed by atoms with Crippen molar-refractivity contribution in [2.45, 2.75) is 59.3 Å². The van der Waals surface area contributed by atoms with Crippen molar-refractivity contribution < 1.29 is 0 Å². The Labute approximate surface area is 134 Å². The van der Waals surface area contributed by atoms with Crippen LogP contribution in [0, 0.1) is 6.92 Å². The molecule has 3 nitrogen and oxygen atoms in total. The van der Waals surface area contributed by atoms with Gasteiger partial charge in [-0.05, 0) is 70.0 Å². The number of rotatable bonds is 4. The first-order chi connectivity index (χ1) is 10.4. The molecule has 1 atom stereocenters. The fourth-order valence-corrected chi connectivity index (χ4v) is 3.59. The van der Waals surface area contributed by atoms with Crippen LogP contribution in [0.25, 0.3) is 10.9 Å². The number of likely N-dealkylation sites (N-methyl/N-ethyl adjacent to an activating group) is 1. The Morgan fingerprint density at radius 3 is 2.36 bits per heavy atom. The van der Waals surface area contributed by atoms with Crippen LogP contribution in [-0.4, -0.2) is 28.6 Å². The lowest BCUT2D eigenvalue weighted by Gasteiger charge is -2.18. The Kier molecular flexibility index (Phi) is 4.04. The van der Waals surface area contributed by atoms with E-state index in [9.17, 15) is 0 Å². The van der Waals surface area contributed by atoms with Gasteiger partial charge in [-0.3, -0.25) is 4.90 Å². The molecule has 0 spiro atoms. The van der Waals surface area contributed by atoms with Gasteiger partial charge >= 0.3 is 0 Å². The lowest BCUT2D eigenvalue weighted by atomic mass is 10.0. The Bertz CT molecular complexity index is 697. The summed E-state index contributed by atoms with van der Waals surface area (Å²) in [6.07, 6.45) is 1.09. The van der Waals surface area contributed by atoms with E-state index in [4.69, 9.17) is 0 Å². The van der Waals surface area contributed by atoms with Gasteiger partial charge in [-0.15, -0.1) is 0 Å². The van der Waals surface area contributed by atoms with Crippen molar-refractivity contribution in [1.82, 2.24) is 14.8 Å². The zero-order chi connectivity index (χ0) is 16.0. The van der Waals surface area contributed by atoms with Gasteiger partial charge in [-0.1, -0.05) is 0 Å². The summed E-state index contributed by atoms with van der Waals surface area (Å²) >= 11 is 0. The van der Waals surface area contributed by atoms with E-state index in [0.29, 0.717) is 12.1 Å². The van der Waals surface area contributed by atoms with E-state index in [1.54, 1.807) is 0 Å². The Morgan fingerprint density at radius 2 is 1.77 bits per heavy atom. The molecule has 22 heavy (non-hydrogen) atoms. The van der Waals surface area contributed by atoms with Crippen LogP contribution >= 0.6 is 0 Å². The van der Waals surface area contributed by atoms with E-state index in [2.05, 4.69) is 61.7 Å². The van der Waals surface area contributed by atoms with Gasteiger partial charge in [0.2, 0.25) is 0 Å². The zero-order valence-electron chi connectivity index (χ0n) is 14.8. The average molecular weight is 299 g/mol. The quantitative estimate of drug-likeness (QED) is 0.934. The smallest absolute Gasteiger partial charge is 0.0486 e. The first-order valence-electron chi connectivity index (χ1n) is 8.43. The van der Waals surface area contributed by atoms with Gasteiger partial charge in [0.25, 0.3) is 0 Å². The predicted octanol–water partition coefficient (Wildman–Crippen LogP) is 3.36. The van der Waals surface area contributed by atoms with Crippen LogP contribution in [0.3, 0.4) is 0 Å². The van der Waals surface area contributed by atoms with Gasteiger partial charge < -0.3 is 9.88 Å². The number of aromatic nitrogens is 1. The highest BCUT2D eigenvalue weighted by Gasteiger charge is 2.24. The molecule has 1 N–H and O–H groups in total. The first kappa shape index (κ1) is 15.6. The highest BCUT2D eigenvalue weighted by Crippen LogP contribution is 2.33. The Morgan fingerprint density at radius 1 is 1.14 bits per heavy atom. The molecule has 2 heterocycles. The minimum atomic E-state index is 0.504. The topological polar surface area (TPSA) is 20.2 Å². The highest BCUT2D eigenvalue weighted by atomic mass is 15.2. The number of aryl methyl sites for hydroxylation is 1. The first-order valence-corrected chi connectivity index (χ1v) is 8.43. The molecule has 1 unspecified atom stereocenters. The molecule has 0 aliphatic carbocycles. The molecule has 120 valence electrons. The molecule has 1 aliphatic rings. The van der Waals surface area contributed by atoms with Crippen LogP contribution in [0.5, 0.6) is 0 Å². The van der Waals surface area contributed by atoms with E-state index in [1.165, 1.54) is 33.3 Å². The second-order valence-corrected chi connectivity index (χ2v) is 7.15. The maximum absolute atomic E-state index is 3.37. The number of fused-ring (bicyclic) bond motifs is 2. The van der Waals surface area contributed by atoms with Crippen molar-refractivity contribution >= 4 is 10.9 Å². The van der Waals surface area contributed by atoms with Crippen molar-refractivity contribution in [2.75, 3.05) is 7.05 Å². The van der Waals surface area contributed by atoms with Crippen LogP contribution in [0.15, 0.2) is 12.1 Å². The number of nitrogens with one attached hydrogen (secondary N) is 1. The van der Waals surface area contributed by atoms with Crippen LogP contribution in [0.1, 0.15) is 43.2 Å². The maximum atomic E-state index is 3.37. The van der Waals surface area contributed by atoms with Crippen molar-refractivity contribution in [3.63, 3.8) is 0 Å². The van der Waals surface area contributed by atoms with Crippen molar-refractivity contribution in [3.8, 4) is 0 Å². The molecule has 3 rings (SSSR count). The van der Waals surface area contributed by atoms with Gasteiger partial charge in [-0.25, -0.2) is 0 Å². The summed E-state index contributed by atoms with van der Waals surface area (Å²) in [5.41, 5.74) is 7.33. The van der Waals surface area contributed by atoms with E-state index in [1.807, 2.05) is 7.05 Å². The minimum absolute atomic E-state index is 0.504. The fraction of sp³-hybridized carbons (Fsp3) is 0.579. The molecule has 1 aromatic carbocycles. The summed E-state index contributed by atoms with van der Waals surface area (Å²) in [4.78, 5) is 2.55. The standard InChI is InChI=1S/C19H29N3/c1-12(2)22-10-15-8-18-17(7-13(3)20-5)14(4)21(6)19(18)9-16(15)11-22/h8-9,12-13,20H,7,10-11H2,1-6H3. The summed E-state index contributed by atoms with van der Waals surface area (Å²) in [5.74, 6) is 0. The predicted molar refractivity (Wildman–Crippen MR) is 94.3 cm³/mol. The molecule has 0 saturated heterocycles. The summed E-state index contributed by atoms with van der Waals surface area (Å²) in [5, 5.41) is 4.82. The summed E-state index contributed by atoms with van der Waals surface area (Å²) < 4.78 is 2.37. The molecule has 3 heteroatoms.